The van der Waals surface area contributed by atoms with Gasteiger partial charge in [0.15, 0.2) is 0 Å². The zero-order valence-corrected chi connectivity index (χ0v) is 6.77. The number of hydrogen-bond donors (Lipinski definition) is 1. The zero-order chi connectivity index (χ0) is 7.61. The summed E-state index contributed by atoms with van der Waals surface area (Å²) >= 11 is 0. The van der Waals surface area contributed by atoms with Crippen LogP contribution in [0.3, 0.4) is 0 Å². The fourth-order valence-electron chi connectivity index (χ4n) is 1.58. The van der Waals surface area contributed by atoms with Crippen LogP contribution in [0.1, 0.15) is 32.6 Å². The lowest BCUT2D eigenvalue weighted by Gasteiger charge is -2.19. The van der Waals surface area contributed by atoms with Gasteiger partial charge in [-0.05, 0) is 31.1 Å². The fraction of sp³-hybridized carbons (Fsp3) is 0.778. The van der Waals surface area contributed by atoms with Crippen molar-refractivity contribution in [2.24, 2.45) is 11.1 Å². The minimum absolute atomic E-state index is 0.370. The molecule has 0 amide bonds. The third kappa shape index (κ3) is 1.24. The molecule has 1 heteroatoms. The molecular formula is C9H17N. The summed E-state index contributed by atoms with van der Waals surface area (Å²) in [5, 5.41) is 0. The smallest absolute Gasteiger partial charge is 0.0130 e. The Morgan fingerprint density at radius 3 is 2.60 bits per heavy atom. The van der Waals surface area contributed by atoms with E-state index in [0.29, 0.717) is 11.5 Å². The molecule has 0 aromatic rings. The molecular weight excluding hydrogens is 122 g/mol. The third-order valence-electron chi connectivity index (χ3n) is 2.80. The van der Waals surface area contributed by atoms with E-state index in [9.17, 15) is 0 Å². The molecule has 0 aromatic heterocycles. The van der Waals surface area contributed by atoms with Gasteiger partial charge in [-0.1, -0.05) is 13.0 Å². The summed E-state index contributed by atoms with van der Waals surface area (Å²) in [5.74, 6) is 0. The van der Waals surface area contributed by atoms with Crippen LogP contribution in [0.25, 0.3) is 0 Å². The van der Waals surface area contributed by atoms with E-state index in [1.807, 2.05) is 6.08 Å². The molecule has 2 N–H and O–H groups in total. The van der Waals surface area contributed by atoms with Crippen LogP contribution in [0.5, 0.6) is 0 Å². The van der Waals surface area contributed by atoms with E-state index in [2.05, 4.69) is 13.5 Å². The highest BCUT2D eigenvalue weighted by molar-refractivity contribution is 5.01. The van der Waals surface area contributed by atoms with E-state index in [4.69, 9.17) is 5.73 Å². The minimum Gasteiger partial charge on any atom is -0.327 e. The van der Waals surface area contributed by atoms with Crippen LogP contribution >= 0.6 is 0 Å². The van der Waals surface area contributed by atoms with E-state index in [-0.39, 0.29) is 0 Å². The van der Waals surface area contributed by atoms with Gasteiger partial charge in [0.1, 0.15) is 0 Å². The maximum atomic E-state index is 5.96. The normalized spacial score (nSPS) is 23.8. The van der Waals surface area contributed by atoms with Gasteiger partial charge >= 0.3 is 0 Å². The first-order valence-electron chi connectivity index (χ1n) is 4.11. The second-order valence-electron chi connectivity index (χ2n) is 3.35. The highest BCUT2D eigenvalue weighted by atomic mass is 14.7. The molecule has 0 aliphatic heterocycles. The second-order valence-corrected chi connectivity index (χ2v) is 3.35. The van der Waals surface area contributed by atoms with Gasteiger partial charge in [0.2, 0.25) is 0 Å². The van der Waals surface area contributed by atoms with Crippen LogP contribution in [0.4, 0.5) is 0 Å². The lowest BCUT2D eigenvalue weighted by molar-refractivity contribution is 0.386. The van der Waals surface area contributed by atoms with Crippen LogP contribution in [0.2, 0.25) is 0 Å². The van der Waals surface area contributed by atoms with E-state index >= 15 is 0 Å². The summed E-state index contributed by atoms with van der Waals surface area (Å²) in [7, 11) is 0. The van der Waals surface area contributed by atoms with Gasteiger partial charge in [-0.3, -0.25) is 0 Å². The van der Waals surface area contributed by atoms with Gasteiger partial charge in [0.25, 0.3) is 0 Å². The summed E-state index contributed by atoms with van der Waals surface area (Å²) in [6.07, 6.45) is 6.81. The first-order chi connectivity index (χ1) is 4.75. The second kappa shape index (κ2) is 2.75. The molecule has 0 aromatic carbocycles. The van der Waals surface area contributed by atoms with Crippen molar-refractivity contribution in [3.05, 3.63) is 12.7 Å². The maximum Gasteiger partial charge on any atom is 0.0130 e. The van der Waals surface area contributed by atoms with Crippen LogP contribution in [0, 0.1) is 5.41 Å². The van der Waals surface area contributed by atoms with E-state index in [0.717, 1.165) is 6.42 Å². The predicted molar refractivity (Wildman–Crippen MR) is 44.7 cm³/mol. The summed E-state index contributed by atoms with van der Waals surface area (Å²) in [4.78, 5) is 0. The summed E-state index contributed by atoms with van der Waals surface area (Å²) in [6, 6.07) is 0.370. The Bertz CT molecular complexity index is 125. The van der Waals surface area contributed by atoms with Crippen molar-refractivity contribution in [1.82, 2.24) is 0 Å². The molecule has 1 fully saturated rings. The highest BCUT2D eigenvalue weighted by Crippen LogP contribution is 2.51. The van der Waals surface area contributed by atoms with Crippen molar-refractivity contribution >= 4 is 0 Å². The van der Waals surface area contributed by atoms with Crippen LogP contribution < -0.4 is 5.73 Å². The number of rotatable bonds is 4. The van der Waals surface area contributed by atoms with Crippen molar-refractivity contribution in [2.45, 2.75) is 38.6 Å². The first kappa shape index (κ1) is 7.80. The molecule has 0 saturated heterocycles. The van der Waals surface area contributed by atoms with Crippen molar-refractivity contribution in [3.8, 4) is 0 Å². The molecule has 0 bridgehead atoms. The average molecular weight is 139 g/mol. The molecule has 1 unspecified atom stereocenters. The monoisotopic (exact) mass is 139 g/mol. The van der Waals surface area contributed by atoms with Gasteiger partial charge in [0, 0.05) is 6.04 Å². The third-order valence-corrected chi connectivity index (χ3v) is 2.80. The number of hydrogen-bond acceptors (Lipinski definition) is 1. The van der Waals surface area contributed by atoms with Crippen molar-refractivity contribution in [3.63, 3.8) is 0 Å². The van der Waals surface area contributed by atoms with Crippen LogP contribution in [0.15, 0.2) is 12.7 Å². The van der Waals surface area contributed by atoms with Crippen molar-refractivity contribution in [1.29, 1.82) is 0 Å². The maximum absolute atomic E-state index is 5.96. The fourth-order valence-corrected chi connectivity index (χ4v) is 1.58. The standard InChI is InChI=1S/C9H17N/c1-3-5-8(10)9(4-2)6-7-9/h3,8H,1,4-7,10H2,2H3. The zero-order valence-electron chi connectivity index (χ0n) is 6.77. The highest BCUT2D eigenvalue weighted by Gasteiger charge is 2.45. The Morgan fingerprint density at radius 1 is 1.70 bits per heavy atom. The molecule has 10 heavy (non-hydrogen) atoms. The lowest BCUT2D eigenvalue weighted by Crippen LogP contribution is -2.30. The van der Waals surface area contributed by atoms with Crippen molar-refractivity contribution in [2.75, 3.05) is 0 Å². The van der Waals surface area contributed by atoms with Gasteiger partial charge in [-0.15, -0.1) is 6.58 Å². The Balaban J connectivity index is 2.38. The van der Waals surface area contributed by atoms with Crippen LogP contribution in [-0.2, 0) is 0 Å². The van der Waals surface area contributed by atoms with Gasteiger partial charge in [-0.25, -0.2) is 0 Å². The Hall–Kier alpha value is -0.300. The van der Waals surface area contributed by atoms with Gasteiger partial charge in [-0.2, -0.15) is 0 Å². The molecule has 58 valence electrons. The molecule has 0 heterocycles. The SMILES string of the molecule is C=CCC(N)C1(CC)CC1. The van der Waals surface area contributed by atoms with E-state index < -0.39 is 0 Å². The summed E-state index contributed by atoms with van der Waals surface area (Å²) in [6.45, 7) is 5.93. The lowest BCUT2D eigenvalue weighted by atomic mass is 9.92. The van der Waals surface area contributed by atoms with E-state index in [1.165, 1.54) is 19.3 Å². The summed E-state index contributed by atoms with van der Waals surface area (Å²) in [5.41, 5.74) is 6.47. The first-order valence-corrected chi connectivity index (χ1v) is 4.11. The molecule has 1 aliphatic rings. The predicted octanol–water partition coefficient (Wildman–Crippen LogP) is 2.08. The average Bonchev–Trinajstić information content (AvgIpc) is 2.68. The van der Waals surface area contributed by atoms with E-state index in [1.54, 1.807) is 0 Å². The van der Waals surface area contributed by atoms with Crippen LogP contribution in [-0.4, -0.2) is 6.04 Å². The quantitative estimate of drug-likeness (QED) is 0.593. The Kier molecular flexibility index (Phi) is 2.14. The summed E-state index contributed by atoms with van der Waals surface area (Å²) < 4.78 is 0. The van der Waals surface area contributed by atoms with Crippen molar-refractivity contribution < 1.29 is 0 Å². The molecule has 1 nitrogen and oxygen atoms in total. The molecule has 0 spiro atoms. The van der Waals surface area contributed by atoms with Gasteiger partial charge < -0.3 is 5.73 Å². The largest absolute Gasteiger partial charge is 0.327 e. The van der Waals surface area contributed by atoms with Gasteiger partial charge in [0.05, 0.1) is 0 Å². The molecule has 1 aliphatic carbocycles. The molecule has 1 rings (SSSR count). The Morgan fingerprint density at radius 2 is 2.30 bits per heavy atom. The minimum atomic E-state index is 0.370. The molecule has 1 atom stereocenters. The topological polar surface area (TPSA) is 26.0 Å². The Labute approximate surface area is 63.3 Å². The molecule has 0 radical (unpaired) electrons. The number of nitrogens with two attached hydrogens (primary N) is 1. The molecule has 1 saturated carbocycles.